The smallest absolute Gasteiger partial charge is 0.294 e. The van der Waals surface area contributed by atoms with Crippen molar-refractivity contribution in [2.45, 2.75) is 32.6 Å². The molecule has 0 aliphatic rings. The van der Waals surface area contributed by atoms with Gasteiger partial charge in [0, 0.05) is 5.56 Å². The van der Waals surface area contributed by atoms with Crippen LogP contribution in [0.5, 0.6) is 0 Å². The highest BCUT2D eigenvalue weighted by atomic mass is 19.4. The van der Waals surface area contributed by atoms with E-state index in [2.05, 4.69) is 0 Å². The molecule has 0 radical (unpaired) electrons. The standard InChI is InChI=1S/C12H10F6O/c1-3-7-4-10(12(16,17)18)8(6(2)19)5-9(7)11(13,14)15/h4-5H,3H2,1-2H3. The maximum absolute atomic E-state index is 12.7. The van der Waals surface area contributed by atoms with Crippen molar-refractivity contribution in [1.29, 1.82) is 0 Å². The zero-order valence-electron chi connectivity index (χ0n) is 10.0. The van der Waals surface area contributed by atoms with Gasteiger partial charge >= 0.3 is 12.4 Å². The number of Topliss-reactive ketones (excluding diaryl/α,β-unsaturated/α-hetero) is 1. The summed E-state index contributed by atoms with van der Waals surface area (Å²) in [6.07, 6.45) is -9.87. The summed E-state index contributed by atoms with van der Waals surface area (Å²) in [4.78, 5) is 11.1. The number of hydrogen-bond donors (Lipinski definition) is 0. The minimum Gasteiger partial charge on any atom is -0.294 e. The Bertz CT molecular complexity index is 498. The van der Waals surface area contributed by atoms with Gasteiger partial charge in [0.05, 0.1) is 11.1 Å². The molecule has 0 fully saturated rings. The fraction of sp³-hybridized carbons (Fsp3) is 0.417. The summed E-state index contributed by atoms with van der Waals surface area (Å²) in [6, 6.07) is 0.684. The number of carbonyl (C=O) groups is 1. The van der Waals surface area contributed by atoms with Gasteiger partial charge in [0.2, 0.25) is 0 Å². The molecule has 0 spiro atoms. The molecule has 1 aromatic carbocycles. The van der Waals surface area contributed by atoms with Gasteiger partial charge in [0.15, 0.2) is 5.78 Å². The fourth-order valence-corrected chi connectivity index (χ4v) is 1.73. The number of aryl methyl sites for hydroxylation is 1. The largest absolute Gasteiger partial charge is 0.417 e. The average Bonchev–Trinajstić information content (AvgIpc) is 2.24. The zero-order chi connectivity index (χ0) is 15.0. The van der Waals surface area contributed by atoms with Crippen molar-refractivity contribution in [3.63, 3.8) is 0 Å². The quantitative estimate of drug-likeness (QED) is 0.577. The third kappa shape index (κ3) is 3.27. The molecule has 0 aromatic heterocycles. The number of rotatable bonds is 2. The maximum Gasteiger partial charge on any atom is 0.417 e. The predicted molar refractivity (Wildman–Crippen MR) is 55.8 cm³/mol. The Hall–Kier alpha value is -1.53. The Kier molecular flexibility index (Phi) is 3.97. The molecule has 1 aromatic rings. The summed E-state index contributed by atoms with van der Waals surface area (Å²) in [5, 5.41) is 0. The van der Waals surface area contributed by atoms with Gasteiger partial charge in [0.25, 0.3) is 0 Å². The molecule has 1 rings (SSSR count). The van der Waals surface area contributed by atoms with Gasteiger partial charge in [-0.15, -0.1) is 0 Å². The van der Waals surface area contributed by atoms with E-state index in [0.717, 1.165) is 6.92 Å². The van der Waals surface area contributed by atoms with E-state index in [0.29, 0.717) is 6.07 Å². The SMILES string of the molecule is CCc1cc(C(F)(F)F)c(C(C)=O)cc1C(F)(F)F. The van der Waals surface area contributed by atoms with Gasteiger partial charge in [-0.3, -0.25) is 4.79 Å². The highest BCUT2D eigenvalue weighted by Crippen LogP contribution is 2.39. The summed E-state index contributed by atoms with van der Waals surface area (Å²) >= 11 is 0. The van der Waals surface area contributed by atoms with Crippen molar-refractivity contribution >= 4 is 5.78 Å². The lowest BCUT2D eigenvalue weighted by molar-refractivity contribution is -0.142. The summed E-state index contributed by atoms with van der Waals surface area (Å²) in [5.41, 5.74) is -3.97. The third-order valence-corrected chi connectivity index (χ3v) is 2.61. The van der Waals surface area contributed by atoms with E-state index in [9.17, 15) is 31.1 Å². The lowest BCUT2D eigenvalue weighted by Gasteiger charge is -2.17. The molecule has 1 nitrogen and oxygen atoms in total. The van der Waals surface area contributed by atoms with Crippen molar-refractivity contribution in [3.05, 3.63) is 34.4 Å². The van der Waals surface area contributed by atoms with Crippen LogP contribution in [0.1, 0.15) is 40.9 Å². The van der Waals surface area contributed by atoms with Crippen LogP contribution in [0.3, 0.4) is 0 Å². The molecule has 0 N–H and O–H groups in total. The lowest BCUT2D eigenvalue weighted by Crippen LogP contribution is -2.17. The minimum absolute atomic E-state index is 0.212. The van der Waals surface area contributed by atoms with E-state index in [1.165, 1.54) is 6.92 Å². The second-order valence-corrected chi connectivity index (χ2v) is 3.96. The Morgan fingerprint density at radius 1 is 1.00 bits per heavy atom. The third-order valence-electron chi connectivity index (χ3n) is 2.61. The van der Waals surface area contributed by atoms with Gasteiger partial charge in [-0.2, -0.15) is 26.3 Å². The number of benzene rings is 1. The Balaban J connectivity index is 3.66. The van der Waals surface area contributed by atoms with E-state index >= 15 is 0 Å². The van der Waals surface area contributed by atoms with E-state index in [-0.39, 0.29) is 12.5 Å². The normalized spacial score (nSPS) is 12.6. The minimum atomic E-state index is -4.87. The molecule has 0 amide bonds. The summed E-state index contributed by atoms with van der Waals surface area (Å²) in [6.45, 7) is 2.12. The van der Waals surface area contributed by atoms with Crippen LogP contribution in [-0.4, -0.2) is 5.78 Å². The molecule has 0 saturated heterocycles. The first-order valence-corrected chi connectivity index (χ1v) is 5.30. The molecule has 0 aliphatic heterocycles. The summed E-state index contributed by atoms with van der Waals surface area (Å²) in [7, 11) is 0. The van der Waals surface area contributed by atoms with Crippen LogP contribution < -0.4 is 0 Å². The molecule has 0 unspecified atom stereocenters. The van der Waals surface area contributed by atoms with Crippen molar-refractivity contribution in [1.82, 2.24) is 0 Å². The first kappa shape index (κ1) is 15.5. The van der Waals surface area contributed by atoms with E-state index in [1.807, 2.05) is 0 Å². The number of ketones is 1. The van der Waals surface area contributed by atoms with Crippen LogP contribution >= 0.6 is 0 Å². The zero-order valence-corrected chi connectivity index (χ0v) is 10.0. The highest BCUT2D eigenvalue weighted by molar-refractivity contribution is 5.96. The molecular formula is C12H10F6O. The first-order valence-electron chi connectivity index (χ1n) is 5.30. The van der Waals surface area contributed by atoms with Crippen LogP contribution in [0, 0.1) is 0 Å². The van der Waals surface area contributed by atoms with Crippen LogP contribution in [0.2, 0.25) is 0 Å². The molecule has 0 aliphatic carbocycles. The number of alkyl halides is 6. The van der Waals surface area contributed by atoms with Gasteiger partial charge in [-0.05, 0) is 31.0 Å². The highest BCUT2D eigenvalue weighted by Gasteiger charge is 2.39. The monoisotopic (exact) mass is 284 g/mol. The van der Waals surface area contributed by atoms with Crippen LogP contribution in [0.25, 0.3) is 0 Å². The van der Waals surface area contributed by atoms with Crippen molar-refractivity contribution in [2.75, 3.05) is 0 Å². The number of carbonyl (C=O) groups excluding carboxylic acids is 1. The number of hydrogen-bond acceptors (Lipinski definition) is 1. The second kappa shape index (κ2) is 4.86. The molecular weight excluding hydrogens is 274 g/mol. The Labute approximate surface area is 105 Å². The first-order chi connectivity index (χ1) is 8.48. The maximum atomic E-state index is 12.7. The van der Waals surface area contributed by atoms with Crippen LogP contribution in [0.4, 0.5) is 26.3 Å². The molecule has 19 heavy (non-hydrogen) atoms. The average molecular weight is 284 g/mol. The molecule has 0 saturated carbocycles. The van der Waals surface area contributed by atoms with Crippen LogP contribution in [-0.2, 0) is 18.8 Å². The van der Waals surface area contributed by atoms with E-state index < -0.39 is 40.4 Å². The summed E-state index contributed by atoms with van der Waals surface area (Å²) in [5.74, 6) is -1.06. The van der Waals surface area contributed by atoms with Gasteiger partial charge in [-0.25, -0.2) is 0 Å². The lowest BCUT2D eigenvalue weighted by atomic mass is 9.94. The summed E-state index contributed by atoms with van der Waals surface area (Å²) < 4.78 is 76.3. The predicted octanol–water partition coefficient (Wildman–Crippen LogP) is 4.49. The van der Waals surface area contributed by atoms with Crippen molar-refractivity contribution in [3.8, 4) is 0 Å². The Morgan fingerprint density at radius 3 is 1.79 bits per heavy atom. The second-order valence-electron chi connectivity index (χ2n) is 3.96. The van der Waals surface area contributed by atoms with Crippen molar-refractivity contribution < 1.29 is 31.1 Å². The van der Waals surface area contributed by atoms with Gasteiger partial charge in [-0.1, -0.05) is 6.92 Å². The van der Waals surface area contributed by atoms with E-state index in [4.69, 9.17) is 0 Å². The van der Waals surface area contributed by atoms with Gasteiger partial charge < -0.3 is 0 Å². The topological polar surface area (TPSA) is 17.1 Å². The van der Waals surface area contributed by atoms with Crippen molar-refractivity contribution in [2.24, 2.45) is 0 Å². The fourth-order valence-electron chi connectivity index (χ4n) is 1.73. The Morgan fingerprint density at radius 2 is 1.47 bits per heavy atom. The van der Waals surface area contributed by atoms with E-state index in [1.54, 1.807) is 0 Å². The molecule has 7 heteroatoms. The number of halogens is 6. The molecule has 0 heterocycles. The van der Waals surface area contributed by atoms with Gasteiger partial charge in [0.1, 0.15) is 0 Å². The molecule has 0 atom stereocenters. The molecule has 0 bridgehead atoms. The molecule has 106 valence electrons. The van der Waals surface area contributed by atoms with Crippen LogP contribution in [0.15, 0.2) is 12.1 Å².